The molecule has 4 nitrogen and oxygen atoms in total. The summed E-state index contributed by atoms with van der Waals surface area (Å²) in [6.07, 6.45) is 6.21. The van der Waals surface area contributed by atoms with Gasteiger partial charge in [-0.2, -0.15) is 0 Å². The molecule has 0 aliphatic carbocycles. The minimum absolute atomic E-state index is 0.111. The number of rotatable bonds is 6. The Bertz CT molecular complexity index is 1070. The molecule has 2 amide bonds. The summed E-state index contributed by atoms with van der Waals surface area (Å²) in [6, 6.07) is 13.4. The van der Waals surface area contributed by atoms with E-state index in [9.17, 15) is 18.8 Å². The molecule has 0 bridgehead atoms. The second-order valence-corrected chi connectivity index (χ2v) is 7.95. The standard InChI is InChI=1S/C24H20FNO3S/c1-16(11-18-3-5-19(6-4-18)12-17(2)15-27)13-22-23(28)26(24(29)30-22)14-20-7-9-21(25)10-8-20/h3-13,15H,14H2,1-2H3/b16-11+,17-12+,22-13-. The van der Waals surface area contributed by atoms with Crippen LogP contribution in [-0.2, 0) is 16.1 Å². The van der Waals surface area contributed by atoms with Crippen molar-refractivity contribution in [2.75, 3.05) is 0 Å². The summed E-state index contributed by atoms with van der Waals surface area (Å²) in [4.78, 5) is 37.1. The highest BCUT2D eigenvalue weighted by molar-refractivity contribution is 8.18. The van der Waals surface area contributed by atoms with Gasteiger partial charge in [-0.15, -0.1) is 0 Å². The molecular weight excluding hydrogens is 401 g/mol. The molecule has 6 heteroatoms. The number of carbonyl (C=O) groups excluding carboxylic acids is 3. The summed E-state index contributed by atoms with van der Waals surface area (Å²) in [5.74, 6) is -0.719. The molecule has 0 N–H and O–H groups in total. The quantitative estimate of drug-likeness (QED) is 0.449. The first-order valence-corrected chi connectivity index (χ1v) is 10.1. The van der Waals surface area contributed by atoms with Gasteiger partial charge >= 0.3 is 0 Å². The number of halogens is 1. The van der Waals surface area contributed by atoms with E-state index in [0.717, 1.165) is 39.6 Å². The summed E-state index contributed by atoms with van der Waals surface area (Å²) in [6.45, 7) is 3.71. The van der Waals surface area contributed by atoms with E-state index in [1.54, 1.807) is 31.2 Å². The molecule has 0 saturated carbocycles. The van der Waals surface area contributed by atoms with Gasteiger partial charge in [-0.25, -0.2) is 4.39 Å². The average molecular weight is 421 g/mol. The Kier molecular flexibility index (Phi) is 6.79. The maximum Gasteiger partial charge on any atom is 0.293 e. The van der Waals surface area contributed by atoms with Gasteiger partial charge in [0.15, 0.2) is 0 Å². The van der Waals surface area contributed by atoms with Gasteiger partial charge in [0, 0.05) is 0 Å². The van der Waals surface area contributed by atoms with Crippen LogP contribution < -0.4 is 0 Å². The minimum Gasteiger partial charge on any atom is -0.298 e. The predicted molar refractivity (Wildman–Crippen MR) is 118 cm³/mol. The van der Waals surface area contributed by atoms with Gasteiger partial charge in [0.25, 0.3) is 11.1 Å². The van der Waals surface area contributed by atoms with Gasteiger partial charge in [0.1, 0.15) is 12.1 Å². The van der Waals surface area contributed by atoms with E-state index in [4.69, 9.17) is 0 Å². The highest BCUT2D eigenvalue weighted by Crippen LogP contribution is 2.32. The third-order valence-corrected chi connectivity index (χ3v) is 5.30. The van der Waals surface area contributed by atoms with E-state index in [2.05, 4.69) is 0 Å². The van der Waals surface area contributed by atoms with Crippen molar-refractivity contribution in [2.45, 2.75) is 20.4 Å². The number of aldehydes is 1. The molecule has 0 radical (unpaired) electrons. The lowest BCUT2D eigenvalue weighted by Gasteiger charge is -2.12. The van der Waals surface area contributed by atoms with Crippen LogP contribution in [0.25, 0.3) is 12.2 Å². The number of hydrogen-bond acceptors (Lipinski definition) is 4. The highest BCUT2D eigenvalue weighted by atomic mass is 32.2. The lowest BCUT2D eigenvalue weighted by atomic mass is 10.1. The summed E-state index contributed by atoms with van der Waals surface area (Å²) < 4.78 is 13.0. The Balaban J connectivity index is 1.72. The third kappa shape index (κ3) is 5.42. The molecule has 3 rings (SSSR count). The number of nitrogens with zero attached hydrogens (tertiary/aromatic N) is 1. The van der Waals surface area contributed by atoms with Crippen molar-refractivity contribution in [3.05, 3.63) is 93.2 Å². The van der Waals surface area contributed by atoms with Crippen molar-refractivity contribution in [2.24, 2.45) is 0 Å². The van der Waals surface area contributed by atoms with E-state index in [0.29, 0.717) is 16.0 Å². The van der Waals surface area contributed by atoms with Gasteiger partial charge in [0.05, 0.1) is 11.4 Å². The molecule has 1 saturated heterocycles. The number of imide groups is 1. The van der Waals surface area contributed by atoms with Crippen LogP contribution in [0.15, 0.2) is 70.7 Å². The van der Waals surface area contributed by atoms with Crippen LogP contribution in [0.3, 0.4) is 0 Å². The predicted octanol–water partition coefficient (Wildman–Crippen LogP) is 5.61. The fourth-order valence-corrected chi connectivity index (χ4v) is 3.79. The molecule has 1 aliphatic rings. The highest BCUT2D eigenvalue weighted by Gasteiger charge is 2.34. The molecule has 30 heavy (non-hydrogen) atoms. The summed E-state index contributed by atoms with van der Waals surface area (Å²) >= 11 is 0.898. The second kappa shape index (κ2) is 9.50. The van der Waals surface area contributed by atoms with E-state index >= 15 is 0 Å². The third-order valence-electron chi connectivity index (χ3n) is 4.40. The summed E-state index contributed by atoms with van der Waals surface area (Å²) in [7, 11) is 0. The van der Waals surface area contributed by atoms with Crippen molar-refractivity contribution in [1.82, 2.24) is 4.90 Å². The zero-order valence-corrected chi connectivity index (χ0v) is 17.4. The number of benzene rings is 2. The Labute approximate surface area is 178 Å². The zero-order chi connectivity index (χ0) is 21.7. The van der Waals surface area contributed by atoms with Crippen molar-refractivity contribution in [1.29, 1.82) is 0 Å². The molecule has 0 spiro atoms. The first kappa shape index (κ1) is 21.5. The van der Waals surface area contributed by atoms with Gasteiger partial charge in [-0.3, -0.25) is 19.3 Å². The van der Waals surface area contributed by atoms with Crippen molar-refractivity contribution >= 4 is 41.3 Å². The number of allylic oxidation sites excluding steroid dienone is 3. The lowest BCUT2D eigenvalue weighted by molar-refractivity contribution is -0.123. The van der Waals surface area contributed by atoms with Crippen LogP contribution in [0.4, 0.5) is 9.18 Å². The lowest BCUT2D eigenvalue weighted by Crippen LogP contribution is -2.27. The van der Waals surface area contributed by atoms with Crippen LogP contribution in [0.1, 0.15) is 30.5 Å². The van der Waals surface area contributed by atoms with Gasteiger partial charge in [-0.1, -0.05) is 42.5 Å². The fraction of sp³-hybridized carbons (Fsp3) is 0.125. The molecular formula is C24H20FNO3S. The van der Waals surface area contributed by atoms with E-state index in [-0.39, 0.29) is 23.5 Å². The number of amides is 2. The van der Waals surface area contributed by atoms with Crippen LogP contribution in [0, 0.1) is 5.82 Å². The average Bonchev–Trinajstić information content (AvgIpc) is 2.98. The van der Waals surface area contributed by atoms with E-state index in [1.807, 2.05) is 37.3 Å². The molecule has 1 aliphatic heterocycles. The Hall–Kier alpha value is -3.25. The second-order valence-electron chi connectivity index (χ2n) is 6.96. The Morgan fingerprint density at radius 3 is 2.07 bits per heavy atom. The normalized spacial score (nSPS) is 16.5. The Morgan fingerprint density at radius 1 is 0.933 bits per heavy atom. The molecule has 0 aromatic heterocycles. The van der Waals surface area contributed by atoms with Crippen LogP contribution >= 0.6 is 11.8 Å². The number of hydrogen-bond donors (Lipinski definition) is 0. The molecule has 1 heterocycles. The zero-order valence-electron chi connectivity index (χ0n) is 16.6. The van der Waals surface area contributed by atoms with Crippen LogP contribution in [0.2, 0.25) is 0 Å². The van der Waals surface area contributed by atoms with Crippen LogP contribution in [0.5, 0.6) is 0 Å². The van der Waals surface area contributed by atoms with Crippen molar-refractivity contribution in [3.63, 3.8) is 0 Å². The minimum atomic E-state index is -0.364. The van der Waals surface area contributed by atoms with Gasteiger partial charge < -0.3 is 0 Å². The maximum absolute atomic E-state index is 13.0. The van der Waals surface area contributed by atoms with Crippen LogP contribution in [-0.4, -0.2) is 22.3 Å². The monoisotopic (exact) mass is 421 g/mol. The fourth-order valence-electron chi connectivity index (χ4n) is 2.91. The molecule has 1 fully saturated rings. The topological polar surface area (TPSA) is 54.5 Å². The summed E-state index contributed by atoms with van der Waals surface area (Å²) in [5, 5.41) is -0.343. The molecule has 0 atom stereocenters. The SMILES string of the molecule is C/C(C=O)=C\c1ccc(/C=C(C)/C=C2\SC(=O)N(Cc3ccc(F)cc3)C2=O)cc1. The molecule has 0 unspecified atom stereocenters. The Morgan fingerprint density at radius 2 is 1.50 bits per heavy atom. The van der Waals surface area contributed by atoms with Crippen molar-refractivity contribution < 1.29 is 18.8 Å². The maximum atomic E-state index is 13.0. The first-order valence-electron chi connectivity index (χ1n) is 9.27. The molecule has 2 aromatic carbocycles. The molecule has 2 aromatic rings. The molecule has 152 valence electrons. The largest absolute Gasteiger partial charge is 0.298 e. The first-order chi connectivity index (χ1) is 14.4. The number of thioether (sulfide) groups is 1. The smallest absolute Gasteiger partial charge is 0.293 e. The van der Waals surface area contributed by atoms with Gasteiger partial charge in [0.2, 0.25) is 0 Å². The van der Waals surface area contributed by atoms with E-state index < -0.39 is 0 Å². The van der Waals surface area contributed by atoms with Gasteiger partial charge in [-0.05, 0) is 77.7 Å². The van der Waals surface area contributed by atoms with E-state index in [1.165, 1.54) is 12.1 Å². The summed E-state index contributed by atoms with van der Waals surface area (Å²) in [5.41, 5.74) is 4.03. The van der Waals surface area contributed by atoms with Crippen molar-refractivity contribution in [3.8, 4) is 0 Å². The number of carbonyl (C=O) groups is 3.